The molecule has 1 aromatic heterocycles. The zero-order chi connectivity index (χ0) is 19.7. The van der Waals surface area contributed by atoms with Gasteiger partial charge >= 0.3 is 0 Å². The van der Waals surface area contributed by atoms with Gasteiger partial charge in [-0.2, -0.15) is 4.73 Å². The maximum atomic E-state index is 11.6. The summed E-state index contributed by atoms with van der Waals surface area (Å²) in [5, 5.41) is 23.3. The molecule has 140 valence electrons. The highest BCUT2D eigenvalue weighted by atomic mass is 16.6. The third-order valence-corrected chi connectivity index (χ3v) is 5.10. The van der Waals surface area contributed by atoms with Gasteiger partial charge in [-0.15, -0.1) is 0 Å². The van der Waals surface area contributed by atoms with E-state index in [1.807, 2.05) is 85.8 Å². The first-order valence-corrected chi connectivity index (χ1v) is 9.12. The van der Waals surface area contributed by atoms with E-state index in [0.29, 0.717) is 11.2 Å². The molecule has 0 saturated heterocycles. The molecule has 3 aromatic carbocycles. The third-order valence-electron chi connectivity index (χ3n) is 5.10. The summed E-state index contributed by atoms with van der Waals surface area (Å²) in [4.78, 5) is 11.3. The lowest BCUT2D eigenvalue weighted by atomic mass is 9.87. The molecule has 1 heterocycles. The summed E-state index contributed by atoms with van der Waals surface area (Å²) in [6, 6.07) is 24.8. The number of aromatic nitrogens is 1. The number of benzene rings is 3. The topological polar surface area (TPSA) is 68.3 Å². The number of nitro groups is 1. The van der Waals surface area contributed by atoms with Gasteiger partial charge in [0.2, 0.25) is 6.54 Å². The molecule has 5 nitrogen and oxygen atoms in total. The number of para-hydroxylation sites is 1. The minimum Gasteiger partial charge on any atom is -0.428 e. The summed E-state index contributed by atoms with van der Waals surface area (Å²) >= 11 is 0. The molecular weight excluding hydrogens is 352 g/mol. The Hall–Kier alpha value is -3.60. The zero-order valence-electron chi connectivity index (χ0n) is 15.4. The van der Waals surface area contributed by atoms with Crippen molar-refractivity contribution in [1.29, 1.82) is 0 Å². The molecule has 1 N–H and O–H groups in total. The van der Waals surface area contributed by atoms with Crippen LogP contribution in [0.4, 0.5) is 0 Å². The Balaban J connectivity index is 2.04. The van der Waals surface area contributed by atoms with E-state index < -0.39 is 5.92 Å². The van der Waals surface area contributed by atoms with Gasteiger partial charge < -0.3 is 5.21 Å². The van der Waals surface area contributed by atoms with Crippen LogP contribution in [0, 0.1) is 17.0 Å². The molecule has 0 saturated carbocycles. The van der Waals surface area contributed by atoms with Crippen molar-refractivity contribution in [2.45, 2.75) is 12.8 Å². The Bertz CT molecular complexity index is 1130. The van der Waals surface area contributed by atoms with E-state index >= 15 is 0 Å². The zero-order valence-corrected chi connectivity index (χ0v) is 15.4. The van der Waals surface area contributed by atoms with Gasteiger partial charge in [0.1, 0.15) is 0 Å². The molecule has 28 heavy (non-hydrogen) atoms. The van der Waals surface area contributed by atoms with E-state index in [0.717, 1.165) is 32.4 Å². The molecule has 0 fully saturated rings. The van der Waals surface area contributed by atoms with E-state index in [1.54, 1.807) is 0 Å². The van der Waals surface area contributed by atoms with Crippen LogP contribution >= 0.6 is 0 Å². The lowest BCUT2D eigenvalue weighted by Crippen LogP contribution is -2.15. The first kappa shape index (κ1) is 17.8. The molecule has 0 spiro atoms. The van der Waals surface area contributed by atoms with Crippen molar-refractivity contribution in [3.63, 3.8) is 0 Å². The molecule has 0 aliphatic heterocycles. The Morgan fingerprint density at radius 1 is 0.964 bits per heavy atom. The number of rotatable bonds is 5. The highest BCUT2D eigenvalue weighted by Gasteiger charge is 2.29. The molecule has 1 unspecified atom stereocenters. The quantitative estimate of drug-likeness (QED) is 0.295. The number of fused-ring (bicyclic) bond motifs is 1. The average Bonchev–Trinajstić information content (AvgIpc) is 3.00. The Kier molecular flexibility index (Phi) is 4.57. The van der Waals surface area contributed by atoms with Crippen LogP contribution in [0.15, 0.2) is 78.9 Å². The molecule has 0 radical (unpaired) electrons. The Morgan fingerprint density at radius 2 is 1.61 bits per heavy atom. The fourth-order valence-electron chi connectivity index (χ4n) is 3.79. The first-order chi connectivity index (χ1) is 13.6. The second-order valence-corrected chi connectivity index (χ2v) is 6.94. The van der Waals surface area contributed by atoms with Gasteiger partial charge in [0.05, 0.1) is 17.1 Å². The van der Waals surface area contributed by atoms with Crippen molar-refractivity contribution in [3.05, 3.63) is 106 Å². The van der Waals surface area contributed by atoms with E-state index in [-0.39, 0.29) is 11.5 Å². The summed E-state index contributed by atoms with van der Waals surface area (Å²) in [6.07, 6.45) is 0. The SMILES string of the molecule is Cc1ccc(C(C[N+](=O)[O-])c2c(-c3ccccc3)n(O)c3ccccc23)cc1. The first-order valence-electron chi connectivity index (χ1n) is 9.12. The van der Waals surface area contributed by atoms with Crippen LogP contribution in [-0.4, -0.2) is 21.4 Å². The van der Waals surface area contributed by atoms with E-state index in [4.69, 9.17) is 0 Å². The second-order valence-electron chi connectivity index (χ2n) is 6.94. The van der Waals surface area contributed by atoms with Gasteiger partial charge in [0.25, 0.3) is 0 Å². The van der Waals surface area contributed by atoms with Gasteiger partial charge in [-0.1, -0.05) is 78.4 Å². The molecule has 0 aliphatic carbocycles. The Labute approximate surface area is 162 Å². The van der Waals surface area contributed by atoms with Crippen molar-refractivity contribution in [1.82, 2.24) is 4.73 Å². The summed E-state index contributed by atoms with van der Waals surface area (Å²) in [5.74, 6) is -0.482. The fourth-order valence-corrected chi connectivity index (χ4v) is 3.79. The lowest BCUT2D eigenvalue weighted by Gasteiger charge is -2.16. The molecule has 5 heteroatoms. The number of hydrogen-bond donors (Lipinski definition) is 1. The normalized spacial score (nSPS) is 12.2. The van der Waals surface area contributed by atoms with Crippen LogP contribution in [0.3, 0.4) is 0 Å². The predicted octanol–water partition coefficient (Wildman–Crippen LogP) is 5.26. The fraction of sp³-hybridized carbons (Fsp3) is 0.130. The third kappa shape index (κ3) is 3.11. The minimum atomic E-state index is -0.482. The highest BCUT2D eigenvalue weighted by Crippen LogP contribution is 2.40. The van der Waals surface area contributed by atoms with Gasteiger partial charge in [0, 0.05) is 21.4 Å². The number of hydrogen-bond acceptors (Lipinski definition) is 3. The van der Waals surface area contributed by atoms with Crippen LogP contribution in [-0.2, 0) is 0 Å². The van der Waals surface area contributed by atoms with Crippen molar-refractivity contribution < 1.29 is 10.1 Å². The van der Waals surface area contributed by atoms with E-state index in [1.165, 1.54) is 0 Å². The second kappa shape index (κ2) is 7.19. The molecule has 0 aliphatic rings. The molecular formula is C23H20N2O3. The molecule has 0 amide bonds. The summed E-state index contributed by atoms with van der Waals surface area (Å²) in [6.45, 7) is 1.73. The molecule has 4 rings (SSSR count). The number of aryl methyl sites for hydroxylation is 1. The van der Waals surface area contributed by atoms with E-state index in [2.05, 4.69) is 0 Å². The van der Waals surface area contributed by atoms with Crippen LogP contribution < -0.4 is 0 Å². The summed E-state index contributed by atoms with van der Waals surface area (Å²) < 4.78 is 1.15. The summed E-state index contributed by atoms with van der Waals surface area (Å²) in [5.41, 5.74) is 4.76. The van der Waals surface area contributed by atoms with Gasteiger partial charge in [-0.05, 0) is 18.6 Å². The minimum absolute atomic E-state index is 0.253. The Morgan fingerprint density at radius 3 is 2.29 bits per heavy atom. The maximum Gasteiger partial charge on any atom is 0.214 e. The van der Waals surface area contributed by atoms with Gasteiger partial charge in [-0.3, -0.25) is 10.1 Å². The van der Waals surface area contributed by atoms with Crippen molar-refractivity contribution in [2.24, 2.45) is 0 Å². The molecule has 0 bridgehead atoms. The summed E-state index contributed by atoms with van der Waals surface area (Å²) in [7, 11) is 0. The highest BCUT2D eigenvalue weighted by molar-refractivity contribution is 5.92. The van der Waals surface area contributed by atoms with Gasteiger partial charge in [0.15, 0.2) is 0 Å². The molecule has 4 aromatic rings. The van der Waals surface area contributed by atoms with Crippen LogP contribution in [0.2, 0.25) is 0 Å². The average molecular weight is 372 g/mol. The maximum absolute atomic E-state index is 11.6. The van der Waals surface area contributed by atoms with E-state index in [9.17, 15) is 15.3 Å². The number of nitrogens with zero attached hydrogens (tertiary/aromatic N) is 2. The van der Waals surface area contributed by atoms with Gasteiger partial charge in [-0.25, -0.2) is 0 Å². The van der Waals surface area contributed by atoms with Crippen molar-refractivity contribution >= 4 is 10.9 Å². The predicted molar refractivity (Wildman–Crippen MR) is 109 cm³/mol. The smallest absolute Gasteiger partial charge is 0.214 e. The van der Waals surface area contributed by atoms with Crippen molar-refractivity contribution in [3.8, 4) is 11.3 Å². The lowest BCUT2D eigenvalue weighted by molar-refractivity contribution is -0.481. The largest absolute Gasteiger partial charge is 0.428 e. The van der Waals surface area contributed by atoms with Crippen LogP contribution in [0.5, 0.6) is 0 Å². The standard InChI is InChI=1S/C23H20N2O3/c1-16-11-13-17(14-12-16)20(15-24(26)27)22-19-9-5-6-10-21(19)25(28)23(22)18-7-3-2-4-8-18/h2-14,20,28H,15H2,1H3. The van der Waals surface area contributed by atoms with Crippen LogP contribution in [0.25, 0.3) is 22.2 Å². The molecule has 1 atom stereocenters. The monoisotopic (exact) mass is 372 g/mol. The van der Waals surface area contributed by atoms with Crippen molar-refractivity contribution in [2.75, 3.05) is 6.54 Å². The van der Waals surface area contributed by atoms with Crippen LogP contribution in [0.1, 0.15) is 22.6 Å².